The Bertz CT molecular complexity index is 853. The Hall–Kier alpha value is -2.94. The quantitative estimate of drug-likeness (QED) is 0.538. The summed E-state index contributed by atoms with van der Waals surface area (Å²) in [4.78, 5) is 16.5. The number of nitrogens with zero attached hydrogens (tertiary/aromatic N) is 1. The van der Waals surface area contributed by atoms with E-state index in [4.69, 9.17) is 9.40 Å². The van der Waals surface area contributed by atoms with Gasteiger partial charge in [0.2, 0.25) is 0 Å². The van der Waals surface area contributed by atoms with E-state index in [0.29, 0.717) is 18.7 Å². The molecule has 0 atom stereocenters. The molecule has 0 aliphatic heterocycles. The second-order valence-electron chi connectivity index (χ2n) is 6.48. The molecule has 0 unspecified atom stereocenters. The van der Waals surface area contributed by atoms with Crippen molar-refractivity contribution in [3.8, 4) is 22.6 Å². The molecule has 2 aromatic carbocycles. The van der Waals surface area contributed by atoms with Gasteiger partial charge in [-0.15, -0.1) is 0 Å². The summed E-state index contributed by atoms with van der Waals surface area (Å²) in [7, 11) is 0. The van der Waals surface area contributed by atoms with E-state index in [1.165, 1.54) is 11.1 Å². The molecule has 3 nitrogen and oxygen atoms in total. The molecule has 0 bridgehead atoms. The lowest BCUT2D eigenvalue weighted by atomic mass is 10.0. The minimum Gasteiger partial charge on any atom is -0.440 e. The van der Waals surface area contributed by atoms with Crippen LogP contribution in [0.4, 0.5) is 0 Å². The fourth-order valence-corrected chi connectivity index (χ4v) is 2.78. The molecule has 0 fully saturated rings. The van der Waals surface area contributed by atoms with Gasteiger partial charge in [0.15, 0.2) is 17.4 Å². The molecule has 0 N–H and O–H groups in total. The largest absolute Gasteiger partial charge is 0.440 e. The number of hydrogen-bond donors (Lipinski definition) is 0. The van der Waals surface area contributed by atoms with E-state index in [9.17, 15) is 4.79 Å². The fraction of sp³-hybridized carbons (Fsp3) is 0.217. The summed E-state index contributed by atoms with van der Waals surface area (Å²) in [6, 6.07) is 16.5. The summed E-state index contributed by atoms with van der Waals surface area (Å²) < 4.78 is 6.07. The van der Waals surface area contributed by atoms with Crippen LogP contribution in [0.3, 0.4) is 0 Å². The first kappa shape index (κ1) is 17.9. The number of benzene rings is 2. The van der Waals surface area contributed by atoms with E-state index in [2.05, 4.69) is 50.2 Å². The maximum Gasteiger partial charge on any atom is 0.195 e. The smallest absolute Gasteiger partial charge is 0.195 e. The highest BCUT2D eigenvalue weighted by atomic mass is 16.4. The molecule has 3 heteroatoms. The van der Waals surface area contributed by atoms with Gasteiger partial charge in [0, 0.05) is 24.0 Å². The highest BCUT2D eigenvalue weighted by Crippen LogP contribution is 2.33. The third-order valence-corrected chi connectivity index (χ3v) is 4.25. The van der Waals surface area contributed by atoms with Crippen molar-refractivity contribution >= 4 is 5.78 Å². The second-order valence-corrected chi connectivity index (χ2v) is 6.48. The van der Waals surface area contributed by atoms with Gasteiger partial charge >= 0.3 is 0 Å². The van der Waals surface area contributed by atoms with E-state index >= 15 is 0 Å². The van der Waals surface area contributed by atoms with Crippen LogP contribution in [0.5, 0.6) is 0 Å². The molecule has 0 aliphatic carbocycles. The molecule has 0 radical (unpaired) electrons. The topological polar surface area (TPSA) is 43.1 Å². The van der Waals surface area contributed by atoms with Crippen LogP contribution >= 0.6 is 0 Å². The SMILES string of the molecule is C/C=C/C(=O)CCc1nc(-c2ccc(C)cc2)c(-c2ccc(C)cc2)o1. The molecule has 3 aromatic rings. The van der Waals surface area contributed by atoms with E-state index in [1.807, 2.05) is 19.1 Å². The Labute approximate surface area is 154 Å². The Morgan fingerprint density at radius 3 is 2.12 bits per heavy atom. The molecule has 132 valence electrons. The first-order chi connectivity index (χ1) is 12.6. The number of carbonyl (C=O) groups excluding carboxylic acids is 1. The van der Waals surface area contributed by atoms with Crippen molar-refractivity contribution in [3.63, 3.8) is 0 Å². The highest BCUT2D eigenvalue weighted by Gasteiger charge is 2.17. The number of aromatic nitrogens is 1. The standard InChI is InChI=1S/C23H23NO2/c1-4-5-20(25)14-15-21-24-22(18-10-6-16(2)7-11-18)23(26-21)19-12-8-17(3)9-13-19/h4-13H,14-15H2,1-3H3/b5-4+. The molecule has 3 rings (SSSR count). The van der Waals surface area contributed by atoms with Gasteiger partial charge in [-0.1, -0.05) is 65.7 Å². The van der Waals surface area contributed by atoms with Crippen molar-refractivity contribution in [2.24, 2.45) is 0 Å². The fourth-order valence-electron chi connectivity index (χ4n) is 2.78. The Balaban J connectivity index is 1.98. The van der Waals surface area contributed by atoms with Crippen molar-refractivity contribution in [3.05, 3.63) is 77.7 Å². The molecular formula is C23H23NO2. The molecule has 0 saturated heterocycles. The molecular weight excluding hydrogens is 322 g/mol. The summed E-state index contributed by atoms with van der Waals surface area (Å²) in [5, 5.41) is 0. The van der Waals surface area contributed by atoms with Crippen molar-refractivity contribution in [2.45, 2.75) is 33.6 Å². The molecule has 0 aliphatic rings. The predicted molar refractivity (Wildman–Crippen MR) is 105 cm³/mol. The zero-order chi connectivity index (χ0) is 18.5. The van der Waals surface area contributed by atoms with Gasteiger partial charge in [0.05, 0.1) is 0 Å². The van der Waals surface area contributed by atoms with Gasteiger partial charge in [-0.05, 0) is 26.8 Å². The van der Waals surface area contributed by atoms with Crippen molar-refractivity contribution < 1.29 is 9.21 Å². The van der Waals surface area contributed by atoms with Gasteiger partial charge in [-0.3, -0.25) is 4.79 Å². The van der Waals surface area contributed by atoms with E-state index in [0.717, 1.165) is 22.6 Å². The van der Waals surface area contributed by atoms with Gasteiger partial charge in [0.25, 0.3) is 0 Å². The minimum absolute atomic E-state index is 0.0828. The van der Waals surface area contributed by atoms with Gasteiger partial charge in [-0.25, -0.2) is 4.98 Å². The number of carbonyl (C=O) groups is 1. The number of hydrogen-bond acceptors (Lipinski definition) is 3. The van der Waals surface area contributed by atoms with Crippen molar-refractivity contribution in [1.82, 2.24) is 4.98 Å². The average molecular weight is 345 g/mol. The number of oxazole rings is 1. The molecule has 1 heterocycles. The summed E-state index contributed by atoms with van der Waals surface area (Å²) in [5.41, 5.74) is 5.22. The summed E-state index contributed by atoms with van der Waals surface area (Å²) in [6.45, 7) is 5.96. The predicted octanol–water partition coefficient (Wildman–Crippen LogP) is 5.70. The van der Waals surface area contributed by atoms with Gasteiger partial charge in [0.1, 0.15) is 5.69 Å². The van der Waals surface area contributed by atoms with Crippen molar-refractivity contribution in [2.75, 3.05) is 0 Å². The highest BCUT2D eigenvalue weighted by molar-refractivity contribution is 5.89. The van der Waals surface area contributed by atoms with Crippen LogP contribution in [0.1, 0.15) is 30.4 Å². The number of aryl methyl sites for hydroxylation is 3. The molecule has 0 saturated carbocycles. The summed E-state index contributed by atoms with van der Waals surface area (Å²) in [6.07, 6.45) is 4.23. The number of rotatable bonds is 6. The first-order valence-corrected chi connectivity index (χ1v) is 8.86. The Morgan fingerprint density at radius 1 is 0.962 bits per heavy atom. The Morgan fingerprint density at radius 2 is 1.54 bits per heavy atom. The van der Waals surface area contributed by atoms with Crippen LogP contribution in [0, 0.1) is 13.8 Å². The van der Waals surface area contributed by atoms with Crippen LogP contribution in [0.25, 0.3) is 22.6 Å². The number of ketones is 1. The number of allylic oxidation sites excluding steroid dienone is 2. The third-order valence-electron chi connectivity index (χ3n) is 4.25. The monoisotopic (exact) mass is 345 g/mol. The van der Waals surface area contributed by atoms with Crippen LogP contribution < -0.4 is 0 Å². The van der Waals surface area contributed by atoms with Crippen molar-refractivity contribution in [1.29, 1.82) is 0 Å². The summed E-state index contributed by atoms with van der Waals surface area (Å²) >= 11 is 0. The minimum atomic E-state index is 0.0828. The van der Waals surface area contributed by atoms with Gasteiger partial charge < -0.3 is 4.42 Å². The second kappa shape index (κ2) is 7.96. The van der Waals surface area contributed by atoms with E-state index < -0.39 is 0 Å². The molecule has 1 aromatic heterocycles. The molecule has 0 amide bonds. The lowest BCUT2D eigenvalue weighted by molar-refractivity contribution is -0.114. The average Bonchev–Trinajstić information content (AvgIpc) is 3.06. The van der Waals surface area contributed by atoms with Gasteiger partial charge in [-0.2, -0.15) is 0 Å². The molecule has 26 heavy (non-hydrogen) atoms. The zero-order valence-electron chi connectivity index (χ0n) is 15.5. The van der Waals surface area contributed by atoms with Crippen LogP contribution in [0.2, 0.25) is 0 Å². The zero-order valence-corrected chi connectivity index (χ0v) is 15.5. The van der Waals surface area contributed by atoms with Crippen LogP contribution in [-0.4, -0.2) is 10.8 Å². The van der Waals surface area contributed by atoms with E-state index in [1.54, 1.807) is 12.2 Å². The summed E-state index contributed by atoms with van der Waals surface area (Å²) in [5.74, 6) is 1.43. The maximum absolute atomic E-state index is 11.8. The Kier molecular flexibility index (Phi) is 5.47. The molecule has 0 spiro atoms. The lowest BCUT2D eigenvalue weighted by Gasteiger charge is -2.03. The lowest BCUT2D eigenvalue weighted by Crippen LogP contribution is -1.96. The normalized spacial score (nSPS) is 11.2. The maximum atomic E-state index is 11.8. The first-order valence-electron chi connectivity index (χ1n) is 8.86. The third kappa shape index (κ3) is 4.17. The van der Waals surface area contributed by atoms with E-state index in [-0.39, 0.29) is 5.78 Å². The van der Waals surface area contributed by atoms with Crippen LogP contribution in [0.15, 0.2) is 65.1 Å². The van der Waals surface area contributed by atoms with Crippen LogP contribution in [-0.2, 0) is 11.2 Å².